The van der Waals surface area contributed by atoms with E-state index < -0.39 is 31.2 Å². The van der Waals surface area contributed by atoms with E-state index in [1.165, 1.54) is 0 Å². The number of halogens is 9. The van der Waals surface area contributed by atoms with Crippen LogP contribution in [0.4, 0.5) is 39.5 Å². The van der Waals surface area contributed by atoms with E-state index in [0.29, 0.717) is 0 Å². The van der Waals surface area contributed by atoms with Crippen LogP contribution in [0.5, 0.6) is 0 Å². The summed E-state index contributed by atoms with van der Waals surface area (Å²) in [6.07, 6.45) is -16.2. The van der Waals surface area contributed by atoms with E-state index in [4.69, 9.17) is 0 Å². The molecule has 0 aliphatic rings. The van der Waals surface area contributed by atoms with Gasteiger partial charge >= 0.3 is 18.5 Å². The van der Waals surface area contributed by atoms with Gasteiger partial charge in [0.1, 0.15) is 6.61 Å². The fourth-order valence-corrected chi connectivity index (χ4v) is 0.491. The van der Waals surface area contributed by atoms with Gasteiger partial charge in [-0.2, -0.15) is 13.2 Å². The Balaban J connectivity index is 4.43. The van der Waals surface area contributed by atoms with Gasteiger partial charge in [0, 0.05) is 0 Å². The van der Waals surface area contributed by atoms with E-state index in [0.717, 1.165) is 0 Å². The lowest BCUT2D eigenvalue weighted by Crippen LogP contribution is -2.45. The summed E-state index contributed by atoms with van der Waals surface area (Å²) in [5.74, 6) is -5.28. The molecule has 0 saturated heterocycles. The number of alkyl halides is 9. The number of ether oxygens (including phenoxy) is 1. The Kier molecular flexibility index (Phi) is 3.88. The predicted molar refractivity (Wildman–Crippen MR) is 27.9 cm³/mol. The van der Waals surface area contributed by atoms with Gasteiger partial charge in [0.25, 0.3) is 6.17 Å². The van der Waals surface area contributed by atoms with Crippen molar-refractivity contribution in [2.75, 3.05) is 6.61 Å². The number of hydrogen-bond donors (Lipinski definition) is 0. The molecule has 0 aromatic heterocycles. The van der Waals surface area contributed by atoms with Crippen LogP contribution in [0.1, 0.15) is 0 Å². The van der Waals surface area contributed by atoms with E-state index in [2.05, 4.69) is 4.74 Å². The van der Waals surface area contributed by atoms with E-state index in [1.807, 2.05) is 0 Å². The maximum absolute atomic E-state index is 12.1. The molecule has 1 atom stereocenters. The van der Waals surface area contributed by atoms with Crippen LogP contribution >= 0.6 is 0 Å². The maximum atomic E-state index is 12.1. The third-order valence-electron chi connectivity index (χ3n) is 1.09. The third-order valence-corrected chi connectivity index (χ3v) is 1.09. The topological polar surface area (TPSA) is 9.23 Å². The summed E-state index contributed by atoms with van der Waals surface area (Å²) in [6, 6.07) is 0. The Morgan fingerprint density at radius 3 is 1.53 bits per heavy atom. The lowest BCUT2D eigenvalue weighted by Gasteiger charge is -2.22. The van der Waals surface area contributed by atoms with E-state index in [1.54, 1.807) is 0 Å². The molecular weight excluding hydrogens is 247 g/mol. The molecule has 10 heteroatoms. The molecule has 15 heavy (non-hydrogen) atoms. The smallest absolute Gasteiger partial charge is 0.285 e. The zero-order valence-electron chi connectivity index (χ0n) is 6.59. The zero-order valence-corrected chi connectivity index (χ0v) is 6.59. The Labute approximate surface area is 76.8 Å². The monoisotopic (exact) mass is 250 g/mol. The highest BCUT2D eigenvalue weighted by molar-refractivity contribution is 4.82. The predicted octanol–water partition coefficient (Wildman–Crippen LogP) is 3.06. The molecule has 0 aliphatic carbocycles. The van der Waals surface area contributed by atoms with Crippen molar-refractivity contribution in [1.29, 1.82) is 0 Å². The lowest BCUT2D eigenvalue weighted by atomic mass is 10.2. The van der Waals surface area contributed by atoms with Gasteiger partial charge in [0.15, 0.2) is 0 Å². The summed E-state index contributed by atoms with van der Waals surface area (Å²) in [7, 11) is 0. The molecule has 0 rings (SSSR count). The fourth-order valence-electron chi connectivity index (χ4n) is 0.491. The first-order chi connectivity index (χ1) is 6.36. The van der Waals surface area contributed by atoms with Gasteiger partial charge in [-0.15, -0.1) is 13.2 Å². The van der Waals surface area contributed by atoms with Crippen molar-refractivity contribution in [2.24, 2.45) is 0 Å². The summed E-state index contributed by atoms with van der Waals surface area (Å²) in [5, 5.41) is 0. The van der Waals surface area contributed by atoms with Gasteiger partial charge in [0.05, 0.1) is 0 Å². The molecule has 0 bridgehead atoms. The van der Waals surface area contributed by atoms with Gasteiger partial charge in [-0.05, 0) is 0 Å². The van der Waals surface area contributed by atoms with Crippen molar-refractivity contribution in [3.63, 3.8) is 0 Å². The molecule has 0 aromatic rings. The first kappa shape index (κ1) is 14.3. The molecule has 0 radical (unpaired) electrons. The molecule has 0 fully saturated rings. The molecule has 0 amide bonds. The molecule has 0 spiro atoms. The minimum atomic E-state index is -5.95. The molecule has 92 valence electrons. The second-order valence-electron chi connectivity index (χ2n) is 2.40. The molecule has 0 heterocycles. The molecule has 0 saturated carbocycles. The van der Waals surface area contributed by atoms with Crippen LogP contribution in [-0.4, -0.2) is 31.2 Å². The second-order valence-corrected chi connectivity index (χ2v) is 2.40. The van der Waals surface area contributed by atoms with Crippen molar-refractivity contribution in [3.8, 4) is 0 Å². The van der Waals surface area contributed by atoms with Crippen LogP contribution in [0.2, 0.25) is 0 Å². The van der Waals surface area contributed by atoms with E-state index >= 15 is 0 Å². The molecule has 0 aromatic carbocycles. The standard InChI is InChI=1S/C5H3F9O/c6-2(4(9,10)11)3(7,8)1-15-5(12,13)14/h2H,1H2/t2-/m0/s1. The van der Waals surface area contributed by atoms with Crippen molar-refractivity contribution in [3.05, 3.63) is 0 Å². The minimum Gasteiger partial charge on any atom is -0.285 e. The largest absolute Gasteiger partial charge is 0.522 e. The zero-order chi connectivity index (χ0) is 12.5. The van der Waals surface area contributed by atoms with Crippen LogP contribution in [0.15, 0.2) is 0 Å². The molecule has 0 N–H and O–H groups in total. The van der Waals surface area contributed by atoms with Gasteiger partial charge in [-0.1, -0.05) is 0 Å². The molecule has 0 unspecified atom stereocenters. The highest BCUT2D eigenvalue weighted by atomic mass is 19.4. The summed E-state index contributed by atoms with van der Waals surface area (Å²) in [6.45, 7) is -2.73. The van der Waals surface area contributed by atoms with Crippen LogP contribution < -0.4 is 0 Å². The van der Waals surface area contributed by atoms with Crippen LogP contribution in [-0.2, 0) is 4.74 Å². The average Bonchev–Trinajstić information content (AvgIpc) is 1.97. The Bertz CT molecular complexity index is 204. The fraction of sp³-hybridized carbons (Fsp3) is 1.00. The highest BCUT2D eigenvalue weighted by Crippen LogP contribution is 2.36. The first-order valence-electron chi connectivity index (χ1n) is 3.15. The van der Waals surface area contributed by atoms with Gasteiger partial charge in [0.2, 0.25) is 0 Å². The second kappa shape index (κ2) is 4.06. The molecule has 0 aliphatic heterocycles. The number of hydrogen-bond acceptors (Lipinski definition) is 1. The molecular formula is C5H3F9O. The van der Waals surface area contributed by atoms with Gasteiger partial charge in [-0.25, -0.2) is 13.2 Å². The van der Waals surface area contributed by atoms with Gasteiger partial charge < -0.3 is 0 Å². The normalized spacial score (nSPS) is 16.6. The Morgan fingerprint density at radius 2 is 1.27 bits per heavy atom. The maximum Gasteiger partial charge on any atom is 0.522 e. The lowest BCUT2D eigenvalue weighted by molar-refractivity contribution is -0.353. The summed E-state index contributed by atoms with van der Waals surface area (Å²) in [5.41, 5.74) is 0. The Morgan fingerprint density at radius 1 is 0.867 bits per heavy atom. The summed E-state index contributed by atoms with van der Waals surface area (Å²) in [4.78, 5) is 0. The van der Waals surface area contributed by atoms with Crippen molar-refractivity contribution < 1.29 is 44.3 Å². The third kappa shape index (κ3) is 5.09. The van der Waals surface area contributed by atoms with Crippen LogP contribution in [0.25, 0.3) is 0 Å². The van der Waals surface area contributed by atoms with Crippen LogP contribution in [0, 0.1) is 0 Å². The summed E-state index contributed by atoms with van der Waals surface area (Å²) < 4.78 is 106. The van der Waals surface area contributed by atoms with E-state index in [9.17, 15) is 39.5 Å². The quantitative estimate of drug-likeness (QED) is 0.699. The number of rotatable bonds is 3. The minimum absolute atomic E-state index is 2.42. The SMILES string of the molecule is F[C@H](C(F)(F)F)C(F)(F)COC(F)(F)F. The average molecular weight is 250 g/mol. The van der Waals surface area contributed by atoms with Crippen molar-refractivity contribution in [2.45, 2.75) is 24.6 Å². The van der Waals surface area contributed by atoms with Crippen molar-refractivity contribution in [1.82, 2.24) is 0 Å². The highest BCUT2D eigenvalue weighted by Gasteiger charge is 2.58. The van der Waals surface area contributed by atoms with Crippen LogP contribution in [0.3, 0.4) is 0 Å². The molecule has 1 nitrogen and oxygen atoms in total. The van der Waals surface area contributed by atoms with E-state index in [-0.39, 0.29) is 0 Å². The van der Waals surface area contributed by atoms with Crippen molar-refractivity contribution >= 4 is 0 Å². The summed E-state index contributed by atoms with van der Waals surface area (Å²) >= 11 is 0. The Hall–Kier alpha value is -0.670. The van der Waals surface area contributed by atoms with Gasteiger partial charge in [-0.3, -0.25) is 4.74 Å². The first-order valence-corrected chi connectivity index (χ1v) is 3.15.